The van der Waals surface area contributed by atoms with Crippen molar-refractivity contribution < 1.29 is 4.79 Å². The average Bonchev–Trinajstić information content (AvgIpc) is 2.87. The van der Waals surface area contributed by atoms with E-state index in [2.05, 4.69) is 44.9 Å². The number of likely N-dealkylation sites (N-methyl/N-ethyl adjacent to an activating group) is 1. The van der Waals surface area contributed by atoms with Crippen LogP contribution < -0.4 is 10.6 Å². The van der Waals surface area contributed by atoms with Crippen molar-refractivity contribution in [1.82, 2.24) is 5.32 Å². The highest BCUT2D eigenvalue weighted by Gasteiger charge is 2.13. The highest BCUT2D eigenvalue weighted by atomic mass is 79.9. The molecule has 0 saturated carbocycles. The van der Waals surface area contributed by atoms with Gasteiger partial charge in [-0.05, 0) is 45.9 Å². The van der Waals surface area contributed by atoms with Crippen LogP contribution in [0, 0.1) is 0 Å². The Hall–Kier alpha value is -1.33. The third-order valence-electron chi connectivity index (χ3n) is 3.06. The Kier molecular flexibility index (Phi) is 5.20. The molecule has 1 aromatic carbocycles. The zero-order valence-corrected chi connectivity index (χ0v) is 13.8. The summed E-state index contributed by atoms with van der Waals surface area (Å²) in [6.07, 6.45) is 0.387. The lowest BCUT2D eigenvalue weighted by Crippen LogP contribution is -2.20. The molecule has 2 aromatic rings. The number of hydrogen-bond donors (Lipinski definition) is 2. The molecule has 5 heteroatoms. The van der Waals surface area contributed by atoms with Crippen molar-refractivity contribution in [2.24, 2.45) is 0 Å². The maximum atomic E-state index is 11.6. The van der Waals surface area contributed by atoms with Crippen LogP contribution in [0.15, 0.2) is 40.2 Å². The fourth-order valence-corrected chi connectivity index (χ4v) is 3.72. The fourth-order valence-electron chi connectivity index (χ4n) is 1.99. The smallest absolute Gasteiger partial charge is 0.224 e. The van der Waals surface area contributed by atoms with Gasteiger partial charge in [-0.15, -0.1) is 11.3 Å². The predicted molar refractivity (Wildman–Crippen MR) is 88.3 cm³/mol. The second kappa shape index (κ2) is 6.90. The molecular weight excluding hydrogens is 336 g/mol. The lowest BCUT2D eigenvalue weighted by atomic mass is 10.1. The van der Waals surface area contributed by atoms with Gasteiger partial charge in [-0.1, -0.05) is 18.2 Å². The van der Waals surface area contributed by atoms with Crippen LogP contribution >= 0.6 is 27.3 Å². The molecule has 1 unspecified atom stereocenters. The molecule has 2 rings (SSSR count). The number of benzene rings is 1. The quantitative estimate of drug-likeness (QED) is 0.854. The molecular formula is C15H17BrN2OS. The summed E-state index contributed by atoms with van der Waals surface area (Å²) in [5, 5.41) is 8.21. The van der Waals surface area contributed by atoms with Crippen LogP contribution in [0.3, 0.4) is 0 Å². The van der Waals surface area contributed by atoms with Crippen molar-refractivity contribution in [3.05, 3.63) is 50.6 Å². The number of anilines is 1. The summed E-state index contributed by atoms with van der Waals surface area (Å²) in [5.74, 6) is 0.0178. The molecule has 0 spiro atoms. The van der Waals surface area contributed by atoms with Gasteiger partial charge in [-0.3, -0.25) is 4.79 Å². The zero-order valence-electron chi connectivity index (χ0n) is 11.4. The van der Waals surface area contributed by atoms with E-state index < -0.39 is 0 Å². The molecule has 0 fully saturated rings. The summed E-state index contributed by atoms with van der Waals surface area (Å²) in [6.45, 7) is 2.12. The van der Waals surface area contributed by atoms with Gasteiger partial charge < -0.3 is 10.6 Å². The monoisotopic (exact) mass is 352 g/mol. The summed E-state index contributed by atoms with van der Waals surface area (Å²) < 4.78 is 1.12. The average molecular weight is 353 g/mol. The third-order valence-corrected chi connectivity index (χ3v) is 5.11. The third kappa shape index (κ3) is 3.61. The molecule has 0 aliphatic carbocycles. The Morgan fingerprint density at radius 2 is 2.10 bits per heavy atom. The van der Waals surface area contributed by atoms with E-state index in [1.807, 2.05) is 24.3 Å². The second-order valence-corrected chi connectivity index (χ2v) is 6.31. The fraction of sp³-hybridized carbons (Fsp3) is 0.267. The number of rotatable bonds is 5. The number of halogens is 1. The van der Waals surface area contributed by atoms with Gasteiger partial charge in [0.1, 0.15) is 0 Å². The second-order valence-electron chi connectivity index (χ2n) is 4.51. The minimum Gasteiger partial charge on any atom is -0.377 e. The van der Waals surface area contributed by atoms with Crippen LogP contribution in [0.4, 0.5) is 5.69 Å². The minimum atomic E-state index is 0.0178. The molecule has 2 N–H and O–H groups in total. The van der Waals surface area contributed by atoms with E-state index in [4.69, 9.17) is 0 Å². The maximum absolute atomic E-state index is 11.6. The Morgan fingerprint density at radius 1 is 1.35 bits per heavy atom. The first kappa shape index (κ1) is 15.1. The van der Waals surface area contributed by atoms with E-state index in [-0.39, 0.29) is 11.9 Å². The van der Waals surface area contributed by atoms with Crippen molar-refractivity contribution in [2.45, 2.75) is 19.4 Å². The highest BCUT2D eigenvalue weighted by Crippen LogP contribution is 2.31. The molecule has 1 atom stereocenters. The molecule has 0 aliphatic rings. The Morgan fingerprint density at radius 3 is 2.75 bits per heavy atom. The topological polar surface area (TPSA) is 41.1 Å². The van der Waals surface area contributed by atoms with Crippen LogP contribution in [0.5, 0.6) is 0 Å². The molecule has 0 saturated heterocycles. The number of para-hydroxylation sites is 1. The normalized spacial score (nSPS) is 11.9. The summed E-state index contributed by atoms with van der Waals surface area (Å²) in [7, 11) is 1.66. The van der Waals surface area contributed by atoms with Gasteiger partial charge in [0.25, 0.3) is 0 Å². The molecule has 0 radical (unpaired) electrons. The number of nitrogens with one attached hydrogen (secondary N) is 2. The molecule has 1 aromatic heterocycles. The van der Waals surface area contributed by atoms with E-state index in [1.54, 1.807) is 18.4 Å². The van der Waals surface area contributed by atoms with Crippen molar-refractivity contribution in [3.8, 4) is 0 Å². The van der Waals surface area contributed by atoms with E-state index in [9.17, 15) is 4.79 Å². The van der Waals surface area contributed by atoms with E-state index in [0.29, 0.717) is 6.42 Å². The zero-order chi connectivity index (χ0) is 14.5. The van der Waals surface area contributed by atoms with Gasteiger partial charge in [-0.2, -0.15) is 0 Å². The molecule has 20 heavy (non-hydrogen) atoms. The molecule has 3 nitrogen and oxygen atoms in total. The lowest BCUT2D eigenvalue weighted by molar-refractivity contribution is -0.119. The first-order chi connectivity index (χ1) is 9.61. The number of hydrogen-bond acceptors (Lipinski definition) is 3. The lowest BCUT2D eigenvalue weighted by Gasteiger charge is -2.17. The largest absolute Gasteiger partial charge is 0.377 e. The van der Waals surface area contributed by atoms with Gasteiger partial charge in [0, 0.05) is 22.1 Å². The van der Waals surface area contributed by atoms with Crippen LogP contribution in [0.25, 0.3) is 0 Å². The van der Waals surface area contributed by atoms with Crippen molar-refractivity contribution >= 4 is 38.9 Å². The maximum Gasteiger partial charge on any atom is 0.224 e. The van der Waals surface area contributed by atoms with Gasteiger partial charge in [0.05, 0.1) is 12.5 Å². The standard InChI is InChI=1S/C15H17BrN2OS/c1-10(15-12(16)7-8-20-15)18-13-6-4-3-5-11(13)9-14(19)17-2/h3-8,10,18H,9H2,1-2H3,(H,17,19). The van der Waals surface area contributed by atoms with Crippen LogP contribution in [-0.2, 0) is 11.2 Å². The summed E-state index contributed by atoms with van der Waals surface area (Å²) in [4.78, 5) is 12.8. The number of amides is 1. The highest BCUT2D eigenvalue weighted by molar-refractivity contribution is 9.10. The summed E-state index contributed by atoms with van der Waals surface area (Å²) in [5.41, 5.74) is 2.01. The predicted octanol–water partition coefficient (Wildman–Crippen LogP) is 3.97. The van der Waals surface area contributed by atoms with E-state index in [1.165, 1.54) is 4.88 Å². The minimum absolute atomic E-state index is 0.0178. The van der Waals surface area contributed by atoms with E-state index >= 15 is 0 Å². The van der Waals surface area contributed by atoms with Crippen LogP contribution in [0.1, 0.15) is 23.4 Å². The van der Waals surface area contributed by atoms with Gasteiger partial charge in [0.2, 0.25) is 5.91 Å². The number of carbonyl (C=O) groups excluding carboxylic acids is 1. The van der Waals surface area contributed by atoms with E-state index in [0.717, 1.165) is 15.7 Å². The SMILES string of the molecule is CNC(=O)Cc1ccccc1NC(C)c1sccc1Br. The molecule has 1 amide bonds. The van der Waals surface area contributed by atoms with Crippen LogP contribution in [0.2, 0.25) is 0 Å². The Labute approximate surface area is 131 Å². The summed E-state index contributed by atoms with van der Waals surface area (Å²) >= 11 is 5.27. The van der Waals surface area contributed by atoms with Crippen molar-refractivity contribution in [1.29, 1.82) is 0 Å². The van der Waals surface area contributed by atoms with Crippen molar-refractivity contribution in [2.75, 3.05) is 12.4 Å². The van der Waals surface area contributed by atoms with Crippen LogP contribution in [-0.4, -0.2) is 13.0 Å². The van der Waals surface area contributed by atoms with Crippen molar-refractivity contribution in [3.63, 3.8) is 0 Å². The number of carbonyl (C=O) groups is 1. The summed E-state index contributed by atoms with van der Waals surface area (Å²) in [6, 6.07) is 10.2. The van der Waals surface area contributed by atoms with Gasteiger partial charge in [-0.25, -0.2) is 0 Å². The molecule has 0 bridgehead atoms. The Balaban J connectivity index is 2.17. The first-order valence-corrected chi connectivity index (χ1v) is 8.07. The molecule has 0 aliphatic heterocycles. The first-order valence-electron chi connectivity index (χ1n) is 6.39. The Bertz CT molecular complexity index is 597. The molecule has 106 valence electrons. The number of thiophene rings is 1. The molecule has 1 heterocycles. The van der Waals surface area contributed by atoms with Gasteiger partial charge >= 0.3 is 0 Å². The van der Waals surface area contributed by atoms with Gasteiger partial charge in [0.15, 0.2) is 0 Å².